The molecule has 0 spiro atoms. The van der Waals surface area contributed by atoms with Gasteiger partial charge in [0.1, 0.15) is 0 Å². The van der Waals surface area contributed by atoms with E-state index in [4.69, 9.17) is 0 Å². The predicted octanol–water partition coefficient (Wildman–Crippen LogP) is -0.324. The second kappa shape index (κ2) is 6.08. The minimum absolute atomic E-state index is 0.121. The Hall–Kier alpha value is -1.53. The number of benzene rings is 1. The summed E-state index contributed by atoms with van der Waals surface area (Å²) in [6.07, 6.45) is 1.51. The maximum atomic E-state index is 12.8. The van der Waals surface area contributed by atoms with Crippen LogP contribution in [0.5, 0.6) is 0 Å². The number of nitrogens with one attached hydrogen (secondary N) is 1. The van der Waals surface area contributed by atoms with Crippen LogP contribution < -0.4 is 0 Å². The Morgan fingerprint density at radius 3 is 2.29 bits per heavy atom. The highest BCUT2D eigenvalue weighted by Gasteiger charge is 2.33. The summed E-state index contributed by atoms with van der Waals surface area (Å²) >= 11 is 0. The fourth-order valence-corrected chi connectivity index (χ4v) is 5.13. The first-order valence-electron chi connectivity index (χ1n) is 7.34. The van der Waals surface area contributed by atoms with Crippen molar-refractivity contribution in [2.45, 2.75) is 4.90 Å². The van der Waals surface area contributed by atoms with Gasteiger partial charge in [0.15, 0.2) is 0 Å². The second-order valence-corrected chi connectivity index (χ2v) is 9.76. The smallest absolute Gasteiger partial charge is 0.281 e. The third-order valence-corrected chi connectivity index (χ3v) is 7.85. The summed E-state index contributed by atoms with van der Waals surface area (Å²) in [5.74, 6) is 0. The molecule has 0 aliphatic carbocycles. The monoisotopic (exact) mass is 373 g/mol. The van der Waals surface area contributed by atoms with Crippen molar-refractivity contribution in [3.63, 3.8) is 0 Å². The zero-order chi connectivity index (χ0) is 17.5. The molecule has 0 bridgehead atoms. The topological polar surface area (TPSA) is 107 Å². The summed E-state index contributed by atoms with van der Waals surface area (Å²) in [6, 6.07) is 4.70. The van der Waals surface area contributed by atoms with Crippen LogP contribution in [0.25, 0.3) is 11.0 Å². The lowest BCUT2D eigenvalue weighted by Gasteiger charge is -2.34. The first-order chi connectivity index (χ1) is 11.2. The first kappa shape index (κ1) is 17.3. The number of aromatic nitrogens is 2. The molecule has 132 valence electrons. The third-order valence-electron chi connectivity index (χ3n) is 4.01. The van der Waals surface area contributed by atoms with Crippen molar-refractivity contribution < 1.29 is 16.8 Å². The number of aromatic amines is 1. The Labute approximate surface area is 141 Å². The van der Waals surface area contributed by atoms with Gasteiger partial charge in [0, 0.05) is 40.3 Å². The average molecular weight is 373 g/mol. The maximum absolute atomic E-state index is 12.8. The van der Waals surface area contributed by atoms with Gasteiger partial charge >= 0.3 is 0 Å². The van der Waals surface area contributed by atoms with Crippen molar-refractivity contribution in [2.24, 2.45) is 0 Å². The zero-order valence-electron chi connectivity index (χ0n) is 13.4. The molecule has 2 aromatic rings. The number of imidazole rings is 1. The van der Waals surface area contributed by atoms with Crippen LogP contribution in [0.2, 0.25) is 0 Å². The van der Waals surface area contributed by atoms with Gasteiger partial charge in [-0.05, 0) is 18.2 Å². The number of hydrogen-bond donors (Lipinski definition) is 1. The van der Waals surface area contributed by atoms with Crippen LogP contribution in [0.15, 0.2) is 29.4 Å². The molecule has 1 N–H and O–H groups in total. The molecule has 1 fully saturated rings. The van der Waals surface area contributed by atoms with E-state index in [2.05, 4.69) is 9.97 Å². The lowest BCUT2D eigenvalue weighted by molar-refractivity contribution is 0.262. The Morgan fingerprint density at radius 2 is 1.67 bits per heavy atom. The number of piperazine rings is 1. The van der Waals surface area contributed by atoms with Crippen molar-refractivity contribution in [2.75, 3.05) is 40.3 Å². The van der Waals surface area contributed by atoms with Crippen molar-refractivity contribution in [1.29, 1.82) is 0 Å². The van der Waals surface area contributed by atoms with Gasteiger partial charge in [-0.15, -0.1) is 0 Å². The van der Waals surface area contributed by atoms with Crippen LogP contribution in [0.1, 0.15) is 0 Å². The fourth-order valence-electron chi connectivity index (χ4n) is 2.60. The highest BCUT2D eigenvalue weighted by atomic mass is 32.2. The van der Waals surface area contributed by atoms with E-state index in [1.54, 1.807) is 12.1 Å². The summed E-state index contributed by atoms with van der Waals surface area (Å²) in [5, 5.41) is 0. The van der Waals surface area contributed by atoms with E-state index in [1.807, 2.05) is 0 Å². The van der Waals surface area contributed by atoms with Gasteiger partial charge < -0.3 is 4.98 Å². The Balaban J connectivity index is 1.80. The van der Waals surface area contributed by atoms with E-state index in [0.29, 0.717) is 11.0 Å². The third kappa shape index (κ3) is 2.93. The molecule has 9 nitrogen and oxygen atoms in total. The SMILES string of the molecule is CN(C)S(=O)(=O)N1CCN(S(=O)(=O)c2ccc3nc[nH]c3c2)CC1. The quantitative estimate of drug-likeness (QED) is 0.790. The molecule has 3 rings (SSSR count). The van der Waals surface area contributed by atoms with Gasteiger partial charge in [-0.3, -0.25) is 0 Å². The second-order valence-electron chi connectivity index (χ2n) is 5.67. The maximum Gasteiger partial charge on any atom is 0.281 e. The Bertz CT molecular complexity index is 944. The summed E-state index contributed by atoms with van der Waals surface area (Å²) < 4.78 is 53.4. The fraction of sp³-hybridized carbons (Fsp3) is 0.462. The highest BCUT2D eigenvalue weighted by Crippen LogP contribution is 2.22. The van der Waals surface area contributed by atoms with Crippen molar-refractivity contribution >= 4 is 31.3 Å². The van der Waals surface area contributed by atoms with Crippen molar-refractivity contribution in [3.05, 3.63) is 24.5 Å². The molecule has 0 unspecified atom stereocenters. The number of hydrogen-bond acceptors (Lipinski definition) is 5. The summed E-state index contributed by atoms with van der Waals surface area (Å²) in [6.45, 7) is 0.505. The number of H-pyrrole nitrogens is 1. The summed E-state index contributed by atoms with van der Waals surface area (Å²) in [4.78, 5) is 7.12. The van der Waals surface area contributed by atoms with E-state index in [0.717, 1.165) is 4.31 Å². The highest BCUT2D eigenvalue weighted by molar-refractivity contribution is 7.89. The minimum atomic E-state index is -3.67. The lowest BCUT2D eigenvalue weighted by atomic mass is 10.3. The van der Waals surface area contributed by atoms with Gasteiger partial charge in [-0.2, -0.15) is 21.3 Å². The molecule has 11 heteroatoms. The largest absolute Gasteiger partial charge is 0.345 e. The molecular formula is C13H19N5O4S2. The van der Waals surface area contributed by atoms with E-state index >= 15 is 0 Å². The molecule has 0 atom stereocenters. The van der Waals surface area contributed by atoms with Gasteiger partial charge in [-0.1, -0.05) is 0 Å². The van der Waals surface area contributed by atoms with Crippen molar-refractivity contribution in [1.82, 2.24) is 22.9 Å². The number of sulfonamides is 1. The summed E-state index contributed by atoms with van der Waals surface area (Å²) in [5.41, 5.74) is 1.33. The van der Waals surface area contributed by atoms with E-state index in [-0.39, 0.29) is 31.1 Å². The number of rotatable bonds is 4. The molecular weight excluding hydrogens is 354 g/mol. The Kier molecular flexibility index (Phi) is 4.38. The van der Waals surface area contributed by atoms with Crippen LogP contribution in [-0.4, -0.2) is 80.0 Å². The van der Waals surface area contributed by atoms with Crippen molar-refractivity contribution in [3.8, 4) is 0 Å². The van der Waals surface area contributed by atoms with Gasteiger partial charge in [0.2, 0.25) is 10.0 Å². The zero-order valence-corrected chi connectivity index (χ0v) is 15.0. The summed E-state index contributed by atoms with van der Waals surface area (Å²) in [7, 11) is -4.28. The van der Waals surface area contributed by atoms with Gasteiger partial charge in [0.25, 0.3) is 10.2 Å². The van der Waals surface area contributed by atoms with Crippen LogP contribution >= 0.6 is 0 Å². The molecule has 1 aromatic carbocycles. The molecule has 1 aliphatic heterocycles. The first-order valence-corrected chi connectivity index (χ1v) is 10.2. The number of fused-ring (bicyclic) bond motifs is 1. The molecule has 1 aliphatic rings. The average Bonchev–Trinajstić information content (AvgIpc) is 3.02. The van der Waals surface area contributed by atoms with E-state index in [1.165, 1.54) is 35.1 Å². The minimum Gasteiger partial charge on any atom is -0.345 e. The van der Waals surface area contributed by atoms with E-state index < -0.39 is 20.2 Å². The van der Waals surface area contributed by atoms with Gasteiger partial charge in [0.05, 0.1) is 22.3 Å². The molecule has 2 heterocycles. The van der Waals surface area contributed by atoms with Crippen LogP contribution in [0.3, 0.4) is 0 Å². The van der Waals surface area contributed by atoms with Crippen LogP contribution in [-0.2, 0) is 20.2 Å². The van der Waals surface area contributed by atoms with Crippen LogP contribution in [0.4, 0.5) is 0 Å². The van der Waals surface area contributed by atoms with Gasteiger partial charge in [-0.25, -0.2) is 13.4 Å². The normalized spacial score (nSPS) is 18.5. The molecule has 1 saturated heterocycles. The molecule has 0 radical (unpaired) electrons. The number of nitrogens with zero attached hydrogens (tertiary/aromatic N) is 4. The molecule has 0 amide bonds. The molecule has 1 aromatic heterocycles. The molecule has 24 heavy (non-hydrogen) atoms. The van der Waals surface area contributed by atoms with Crippen LogP contribution in [0, 0.1) is 0 Å². The standard InChI is InChI=1S/C13H19N5O4S2/c1-16(2)24(21,22)18-7-5-17(6-8-18)23(19,20)11-3-4-12-13(9-11)15-10-14-12/h3-4,9-10H,5-8H2,1-2H3,(H,14,15). The Morgan fingerprint density at radius 1 is 1.04 bits per heavy atom. The molecule has 0 saturated carbocycles. The van der Waals surface area contributed by atoms with E-state index in [9.17, 15) is 16.8 Å². The predicted molar refractivity (Wildman–Crippen MR) is 89.0 cm³/mol. The lowest BCUT2D eigenvalue weighted by Crippen LogP contribution is -2.52.